The number of nitrogens with zero attached hydrogens (tertiary/aromatic N) is 3. The lowest BCUT2D eigenvalue weighted by Gasteiger charge is -2.20. The third-order valence-electron chi connectivity index (χ3n) is 4.64. The topological polar surface area (TPSA) is 89.6 Å². The van der Waals surface area contributed by atoms with Gasteiger partial charge in [-0.1, -0.05) is 52.8 Å². The van der Waals surface area contributed by atoms with Gasteiger partial charge < -0.3 is 14.7 Å². The van der Waals surface area contributed by atoms with Crippen molar-refractivity contribution in [3.63, 3.8) is 0 Å². The maximum atomic E-state index is 13.1. The number of benzene rings is 2. The van der Waals surface area contributed by atoms with E-state index in [0.717, 1.165) is 11.1 Å². The number of nitrogens with one attached hydrogen (secondary N) is 1. The van der Waals surface area contributed by atoms with Gasteiger partial charge in [-0.25, -0.2) is 4.39 Å². The van der Waals surface area contributed by atoms with Gasteiger partial charge in [0.1, 0.15) is 5.82 Å². The average molecular weight is 394 g/mol. The summed E-state index contributed by atoms with van der Waals surface area (Å²) >= 11 is 0. The second-order valence-corrected chi connectivity index (χ2v) is 6.93. The van der Waals surface area contributed by atoms with E-state index in [0.29, 0.717) is 36.8 Å². The van der Waals surface area contributed by atoms with E-state index >= 15 is 0 Å². The second kappa shape index (κ2) is 7.83. The van der Waals surface area contributed by atoms with Crippen LogP contribution < -0.4 is 5.32 Å². The first-order chi connectivity index (χ1) is 14.0. The van der Waals surface area contributed by atoms with Crippen molar-refractivity contribution in [3.05, 3.63) is 71.9 Å². The van der Waals surface area contributed by atoms with Gasteiger partial charge in [-0.3, -0.25) is 4.79 Å². The number of amides is 1. The molecule has 0 saturated heterocycles. The van der Waals surface area contributed by atoms with Gasteiger partial charge in [-0.2, -0.15) is 4.98 Å². The highest BCUT2D eigenvalue weighted by atomic mass is 19.1. The molecule has 0 saturated carbocycles. The molecule has 8 heteroatoms. The Bertz CT molecular complexity index is 1030. The fraction of sp³-hybridized carbons (Fsp3) is 0.238. The summed E-state index contributed by atoms with van der Waals surface area (Å²) in [6.07, 6.45) is 0.691. The van der Waals surface area contributed by atoms with Crippen LogP contribution in [0.2, 0.25) is 0 Å². The van der Waals surface area contributed by atoms with Crippen molar-refractivity contribution < 1.29 is 18.5 Å². The zero-order valence-electron chi connectivity index (χ0n) is 15.8. The van der Waals surface area contributed by atoms with E-state index in [1.165, 1.54) is 12.1 Å². The number of hydrogen-bond donors (Lipinski definition) is 1. The molecule has 0 spiro atoms. The molecule has 1 N–H and O–H groups in total. The predicted molar refractivity (Wildman–Crippen MR) is 103 cm³/mol. The van der Waals surface area contributed by atoms with Gasteiger partial charge in [0, 0.05) is 24.9 Å². The lowest BCUT2D eigenvalue weighted by molar-refractivity contribution is -0.141. The highest BCUT2D eigenvalue weighted by Crippen LogP contribution is 2.27. The molecule has 2 aromatic carbocycles. The second-order valence-electron chi connectivity index (χ2n) is 6.93. The van der Waals surface area contributed by atoms with Crippen LogP contribution in [0, 0.1) is 5.82 Å². The van der Waals surface area contributed by atoms with Crippen LogP contribution in [0.15, 0.2) is 64.3 Å². The maximum absolute atomic E-state index is 13.1. The summed E-state index contributed by atoms with van der Waals surface area (Å²) in [4.78, 5) is 22.3. The van der Waals surface area contributed by atoms with Crippen LogP contribution in [-0.2, 0) is 16.1 Å². The summed E-state index contributed by atoms with van der Waals surface area (Å²) in [7, 11) is 0. The molecule has 0 radical (unpaired) electrons. The van der Waals surface area contributed by atoms with Gasteiger partial charge in [0.05, 0.1) is 5.71 Å². The first-order valence-electron chi connectivity index (χ1n) is 9.21. The Labute approximate surface area is 166 Å². The van der Waals surface area contributed by atoms with Crippen LogP contribution in [0.5, 0.6) is 0 Å². The first-order valence-corrected chi connectivity index (χ1v) is 9.21. The Morgan fingerprint density at radius 3 is 2.66 bits per heavy atom. The number of aromatic nitrogens is 2. The number of carbonyl (C=O) groups excluding carboxylic acids is 1. The normalized spacial score (nSPS) is 18.2. The van der Waals surface area contributed by atoms with Crippen LogP contribution in [0.3, 0.4) is 0 Å². The molecule has 0 bridgehead atoms. The molecule has 1 aliphatic heterocycles. The standard InChI is InChI=1S/C21H19FN4O3/c1-21(13-17(25-29-21)14-7-9-16(22)10-8-14)20(27)23-12-11-18-24-19(26-28-18)15-5-3-2-4-6-15/h2-10H,11-13H2,1H3,(H,23,27)/t21-/m1/s1. The van der Waals surface area contributed by atoms with E-state index in [1.54, 1.807) is 19.1 Å². The largest absolute Gasteiger partial charge is 0.379 e. The maximum Gasteiger partial charge on any atom is 0.267 e. The molecule has 29 heavy (non-hydrogen) atoms. The monoisotopic (exact) mass is 394 g/mol. The zero-order valence-corrected chi connectivity index (χ0v) is 15.8. The Morgan fingerprint density at radius 2 is 1.90 bits per heavy atom. The minimum Gasteiger partial charge on any atom is -0.379 e. The molecule has 1 aliphatic rings. The molecule has 0 unspecified atom stereocenters. The van der Waals surface area contributed by atoms with Gasteiger partial charge in [-0.15, -0.1) is 0 Å². The molecule has 3 aromatic rings. The van der Waals surface area contributed by atoms with Crippen molar-refractivity contribution >= 4 is 11.6 Å². The van der Waals surface area contributed by atoms with E-state index < -0.39 is 5.60 Å². The van der Waals surface area contributed by atoms with Crippen LogP contribution in [0.25, 0.3) is 11.4 Å². The van der Waals surface area contributed by atoms with Crippen molar-refractivity contribution in [1.82, 2.24) is 15.5 Å². The van der Waals surface area contributed by atoms with Gasteiger partial charge in [-0.05, 0) is 24.6 Å². The van der Waals surface area contributed by atoms with Gasteiger partial charge in [0.2, 0.25) is 17.3 Å². The lowest BCUT2D eigenvalue weighted by Crippen LogP contribution is -2.45. The molecular weight excluding hydrogens is 375 g/mol. The Kier molecular flexibility index (Phi) is 5.07. The fourth-order valence-electron chi connectivity index (χ4n) is 2.99. The molecule has 2 heterocycles. The lowest BCUT2D eigenvalue weighted by atomic mass is 9.95. The van der Waals surface area contributed by atoms with E-state index in [9.17, 15) is 9.18 Å². The van der Waals surface area contributed by atoms with Gasteiger partial charge in [0.15, 0.2) is 0 Å². The molecule has 1 atom stereocenters. The molecule has 148 valence electrons. The smallest absolute Gasteiger partial charge is 0.267 e. The summed E-state index contributed by atoms with van der Waals surface area (Å²) in [5.74, 6) is 0.326. The summed E-state index contributed by atoms with van der Waals surface area (Å²) in [5.41, 5.74) is 1.08. The molecule has 4 rings (SSSR count). The van der Waals surface area contributed by atoms with Gasteiger partial charge in [0.25, 0.3) is 5.91 Å². The number of carbonyl (C=O) groups is 1. The Balaban J connectivity index is 1.30. The minimum absolute atomic E-state index is 0.291. The third kappa shape index (κ3) is 4.16. The zero-order chi connectivity index (χ0) is 20.3. The number of halogens is 1. The molecule has 7 nitrogen and oxygen atoms in total. The first kappa shape index (κ1) is 18.8. The summed E-state index contributed by atoms with van der Waals surface area (Å²) in [6.45, 7) is 1.99. The summed E-state index contributed by atoms with van der Waals surface area (Å²) in [5, 5.41) is 10.8. The number of oxime groups is 1. The quantitative estimate of drug-likeness (QED) is 0.694. The van der Waals surface area contributed by atoms with E-state index in [-0.39, 0.29) is 11.7 Å². The third-order valence-corrected chi connectivity index (χ3v) is 4.64. The summed E-state index contributed by atoms with van der Waals surface area (Å²) in [6, 6.07) is 15.4. The summed E-state index contributed by atoms with van der Waals surface area (Å²) < 4.78 is 18.3. The Hall–Kier alpha value is -3.55. The Morgan fingerprint density at radius 1 is 1.14 bits per heavy atom. The number of rotatable bonds is 6. The van der Waals surface area contributed by atoms with Crippen molar-refractivity contribution in [2.75, 3.05) is 6.54 Å². The van der Waals surface area contributed by atoms with Crippen molar-refractivity contribution in [1.29, 1.82) is 0 Å². The highest BCUT2D eigenvalue weighted by molar-refractivity contribution is 6.05. The van der Waals surface area contributed by atoms with E-state index in [2.05, 4.69) is 20.6 Å². The van der Waals surface area contributed by atoms with Crippen LogP contribution >= 0.6 is 0 Å². The SMILES string of the molecule is C[C@]1(C(=O)NCCc2nc(-c3ccccc3)no2)CC(c2ccc(F)cc2)=NO1. The van der Waals surface area contributed by atoms with Gasteiger partial charge >= 0.3 is 0 Å². The molecule has 1 aromatic heterocycles. The highest BCUT2D eigenvalue weighted by Gasteiger charge is 2.42. The number of hydrogen-bond acceptors (Lipinski definition) is 6. The predicted octanol–water partition coefficient (Wildman–Crippen LogP) is 3.12. The van der Waals surface area contributed by atoms with E-state index in [1.807, 2.05) is 30.3 Å². The van der Waals surface area contributed by atoms with Crippen LogP contribution in [0.1, 0.15) is 24.8 Å². The van der Waals surface area contributed by atoms with Crippen molar-refractivity contribution in [2.45, 2.75) is 25.4 Å². The fourth-order valence-corrected chi connectivity index (χ4v) is 2.99. The van der Waals surface area contributed by atoms with Crippen LogP contribution in [0.4, 0.5) is 4.39 Å². The van der Waals surface area contributed by atoms with Crippen molar-refractivity contribution in [2.24, 2.45) is 5.16 Å². The van der Waals surface area contributed by atoms with E-state index in [4.69, 9.17) is 9.36 Å². The molecule has 0 aliphatic carbocycles. The molecule has 0 fully saturated rings. The average Bonchev–Trinajstić information content (AvgIpc) is 3.37. The van der Waals surface area contributed by atoms with Crippen molar-refractivity contribution in [3.8, 4) is 11.4 Å². The molecular formula is C21H19FN4O3. The minimum atomic E-state index is -1.12. The van der Waals surface area contributed by atoms with Crippen LogP contribution in [-0.4, -0.2) is 33.9 Å². The molecule has 1 amide bonds.